The Balaban J connectivity index is 2.40. The lowest BCUT2D eigenvalue weighted by Crippen LogP contribution is -2.07. The second kappa shape index (κ2) is 6.24. The highest BCUT2D eigenvalue weighted by atomic mass is 35.5. The minimum atomic E-state index is -4.61. The maximum Gasteiger partial charge on any atom is 0.417 e. The molecule has 0 aliphatic rings. The molecule has 0 spiro atoms. The van der Waals surface area contributed by atoms with Gasteiger partial charge in [0.15, 0.2) is 0 Å². The first kappa shape index (κ1) is 16.7. The third kappa shape index (κ3) is 3.58. The van der Waals surface area contributed by atoms with Crippen molar-refractivity contribution in [3.8, 4) is 0 Å². The summed E-state index contributed by atoms with van der Waals surface area (Å²) in [5.41, 5.74) is -0.644. The fraction of sp³-hybridized carbons (Fsp3) is 0.250. The Kier molecular flexibility index (Phi) is 4.75. The molecule has 2 rings (SSSR count). The lowest BCUT2D eigenvalue weighted by atomic mass is 9.99. The van der Waals surface area contributed by atoms with Crippen LogP contribution in [0.5, 0.6) is 0 Å². The van der Waals surface area contributed by atoms with Gasteiger partial charge >= 0.3 is 6.18 Å². The Morgan fingerprint density at radius 1 is 0.955 bits per heavy atom. The quantitative estimate of drug-likeness (QED) is 0.623. The minimum Gasteiger partial charge on any atom is -0.207 e. The SMILES string of the molecule is CCc1cc(F)c(Cc2ccc(Cl)c(C(F)(F)F)c2)c(F)c1. The summed E-state index contributed by atoms with van der Waals surface area (Å²) in [5.74, 6) is -1.53. The van der Waals surface area contributed by atoms with Crippen molar-refractivity contribution in [1.82, 2.24) is 0 Å². The van der Waals surface area contributed by atoms with Gasteiger partial charge < -0.3 is 0 Å². The summed E-state index contributed by atoms with van der Waals surface area (Å²) < 4.78 is 66.2. The predicted molar refractivity (Wildman–Crippen MR) is 75.0 cm³/mol. The van der Waals surface area contributed by atoms with E-state index in [0.29, 0.717) is 12.0 Å². The molecule has 0 aliphatic heterocycles. The van der Waals surface area contributed by atoms with Crippen molar-refractivity contribution in [2.24, 2.45) is 0 Å². The molecule has 0 fully saturated rings. The summed E-state index contributed by atoms with van der Waals surface area (Å²) in [6.07, 6.45) is -4.43. The van der Waals surface area contributed by atoms with E-state index in [0.717, 1.165) is 12.1 Å². The molecular weight excluding hydrogens is 323 g/mol. The van der Waals surface area contributed by atoms with E-state index in [-0.39, 0.29) is 17.5 Å². The van der Waals surface area contributed by atoms with Crippen LogP contribution in [-0.4, -0.2) is 0 Å². The van der Waals surface area contributed by atoms with Crippen molar-refractivity contribution >= 4 is 11.6 Å². The van der Waals surface area contributed by atoms with Crippen molar-refractivity contribution in [2.75, 3.05) is 0 Å². The number of alkyl halides is 3. The molecule has 0 nitrogen and oxygen atoms in total. The maximum atomic E-state index is 13.9. The van der Waals surface area contributed by atoms with Crippen LogP contribution < -0.4 is 0 Å². The van der Waals surface area contributed by atoms with Crippen LogP contribution >= 0.6 is 11.6 Å². The summed E-state index contributed by atoms with van der Waals surface area (Å²) in [6, 6.07) is 5.60. The number of rotatable bonds is 3. The van der Waals surface area contributed by atoms with Crippen LogP contribution in [-0.2, 0) is 19.0 Å². The van der Waals surface area contributed by atoms with Gasteiger partial charge in [0.25, 0.3) is 0 Å². The van der Waals surface area contributed by atoms with E-state index in [1.807, 2.05) is 0 Å². The molecule has 2 aromatic carbocycles. The van der Waals surface area contributed by atoms with Crippen LogP contribution in [0.4, 0.5) is 22.0 Å². The Labute approximate surface area is 129 Å². The average molecular weight is 335 g/mol. The van der Waals surface area contributed by atoms with Gasteiger partial charge in [-0.05, 0) is 41.8 Å². The molecule has 2 aromatic rings. The summed E-state index contributed by atoms with van der Waals surface area (Å²) in [5, 5.41) is -0.446. The first-order valence-corrected chi connectivity index (χ1v) is 6.92. The van der Waals surface area contributed by atoms with E-state index < -0.39 is 28.4 Å². The van der Waals surface area contributed by atoms with Gasteiger partial charge in [0.1, 0.15) is 11.6 Å². The molecule has 0 saturated heterocycles. The standard InChI is InChI=1S/C16H12ClF5/c1-2-9-7-14(18)11(15(19)8-9)5-10-3-4-13(17)12(6-10)16(20,21)22/h3-4,6-8H,2,5H2,1H3. The first-order valence-electron chi connectivity index (χ1n) is 6.54. The van der Waals surface area contributed by atoms with E-state index in [2.05, 4.69) is 0 Å². The Hall–Kier alpha value is -1.62. The highest BCUT2D eigenvalue weighted by Gasteiger charge is 2.33. The number of hydrogen-bond acceptors (Lipinski definition) is 0. The molecule has 0 unspecified atom stereocenters. The van der Waals surface area contributed by atoms with Gasteiger partial charge in [-0.2, -0.15) is 13.2 Å². The van der Waals surface area contributed by atoms with Gasteiger partial charge in [0.2, 0.25) is 0 Å². The smallest absolute Gasteiger partial charge is 0.207 e. The van der Waals surface area contributed by atoms with Gasteiger partial charge in [-0.25, -0.2) is 8.78 Å². The van der Waals surface area contributed by atoms with Gasteiger partial charge in [-0.15, -0.1) is 0 Å². The molecule has 22 heavy (non-hydrogen) atoms. The molecule has 0 heterocycles. The third-order valence-corrected chi connectivity index (χ3v) is 3.66. The van der Waals surface area contributed by atoms with Crippen LogP contribution in [0.3, 0.4) is 0 Å². The Morgan fingerprint density at radius 3 is 2.05 bits per heavy atom. The summed E-state index contributed by atoms with van der Waals surface area (Å²) in [6.45, 7) is 1.75. The highest BCUT2D eigenvalue weighted by Crippen LogP contribution is 2.35. The van der Waals surface area contributed by atoms with Crippen molar-refractivity contribution in [1.29, 1.82) is 0 Å². The summed E-state index contributed by atoms with van der Waals surface area (Å²) in [7, 11) is 0. The molecule has 118 valence electrons. The van der Waals surface area contributed by atoms with Crippen LogP contribution in [0.1, 0.15) is 29.2 Å². The predicted octanol–water partition coefficient (Wildman–Crippen LogP) is 5.79. The third-order valence-electron chi connectivity index (χ3n) is 3.33. The minimum absolute atomic E-state index is 0.138. The van der Waals surface area contributed by atoms with Crippen LogP contribution in [0.2, 0.25) is 5.02 Å². The van der Waals surface area contributed by atoms with Crippen LogP contribution in [0.15, 0.2) is 30.3 Å². The maximum absolute atomic E-state index is 13.9. The molecule has 0 radical (unpaired) electrons. The zero-order chi connectivity index (χ0) is 16.5. The van der Waals surface area contributed by atoms with E-state index in [1.54, 1.807) is 6.92 Å². The van der Waals surface area contributed by atoms with Gasteiger partial charge in [0.05, 0.1) is 10.6 Å². The average Bonchev–Trinajstić information content (AvgIpc) is 2.43. The van der Waals surface area contributed by atoms with Crippen LogP contribution in [0.25, 0.3) is 0 Å². The lowest BCUT2D eigenvalue weighted by molar-refractivity contribution is -0.137. The van der Waals surface area contributed by atoms with Crippen molar-refractivity contribution in [3.05, 3.63) is 69.2 Å². The second-order valence-electron chi connectivity index (χ2n) is 4.88. The van der Waals surface area contributed by atoms with E-state index in [4.69, 9.17) is 11.6 Å². The molecule has 0 bridgehead atoms. The first-order chi connectivity index (χ1) is 10.2. The molecule has 0 saturated carbocycles. The molecular formula is C16H12ClF5. The fourth-order valence-corrected chi connectivity index (χ4v) is 2.36. The van der Waals surface area contributed by atoms with Crippen molar-refractivity contribution in [2.45, 2.75) is 25.9 Å². The van der Waals surface area contributed by atoms with Gasteiger partial charge in [0, 0.05) is 12.0 Å². The van der Waals surface area contributed by atoms with Crippen molar-refractivity contribution < 1.29 is 22.0 Å². The largest absolute Gasteiger partial charge is 0.417 e. The van der Waals surface area contributed by atoms with E-state index in [9.17, 15) is 22.0 Å². The topological polar surface area (TPSA) is 0 Å². The van der Waals surface area contributed by atoms with Crippen molar-refractivity contribution in [3.63, 3.8) is 0 Å². The lowest BCUT2D eigenvalue weighted by Gasteiger charge is -2.12. The monoisotopic (exact) mass is 334 g/mol. The highest BCUT2D eigenvalue weighted by molar-refractivity contribution is 6.31. The van der Waals surface area contributed by atoms with Gasteiger partial charge in [-0.3, -0.25) is 0 Å². The van der Waals surface area contributed by atoms with E-state index >= 15 is 0 Å². The second-order valence-corrected chi connectivity index (χ2v) is 5.29. The van der Waals surface area contributed by atoms with Crippen LogP contribution in [0, 0.1) is 11.6 Å². The molecule has 0 aromatic heterocycles. The fourth-order valence-electron chi connectivity index (χ4n) is 2.13. The molecule has 0 amide bonds. The summed E-state index contributed by atoms with van der Waals surface area (Å²) in [4.78, 5) is 0. The summed E-state index contributed by atoms with van der Waals surface area (Å²) >= 11 is 5.52. The zero-order valence-corrected chi connectivity index (χ0v) is 12.3. The zero-order valence-electron chi connectivity index (χ0n) is 11.6. The molecule has 0 aliphatic carbocycles. The molecule has 0 atom stereocenters. The Morgan fingerprint density at radius 2 is 1.55 bits per heavy atom. The number of halogens is 6. The molecule has 6 heteroatoms. The normalized spacial score (nSPS) is 11.8. The van der Waals surface area contributed by atoms with Gasteiger partial charge in [-0.1, -0.05) is 24.6 Å². The number of hydrogen-bond donors (Lipinski definition) is 0. The number of aryl methyl sites for hydroxylation is 1. The molecule has 0 N–H and O–H groups in total. The Bertz CT molecular complexity index is 668. The van der Waals surface area contributed by atoms with E-state index in [1.165, 1.54) is 18.2 Å². The number of benzene rings is 2.